The van der Waals surface area contributed by atoms with Crippen LogP contribution in [0.15, 0.2) is 12.8 Å². The molecule has 0 heterocycles. The largest absolute Gasteiger partial charge is 0.503 e. The first-order chi connectivity index (χ1) is 8.74. The molecule has 0 aliphatic rings. The van der Waals surface area contributed by atoms with Crippen LogP contribution in [0.5, 0.6) is 0 Å². The average Bonchev–Trinajstić information content (AvgIpc) is 2.35. The van der Waals surface area contributed by atoms with Crippen molar-refractivity contribution in [2.45, 2.75) is 26.8 Å². The molecule has 0 bridgehead atoms. The number of hydrogen-bond acceptors (Lipinski definition) is 5. The van der Waals surface area contributed by atoms with E-state index in [1.807, 2.05) is 20.8 Å². The van der Waals surface area contributed by atoms with Gasteiger partial charge in [-0.15, -0.1) is 0 Å². The second kappa shape index (κ2) is 11.7. The maximum atomic E-state index is 5.71. The van der Waals surface area contributed by atoms with Crippen molar-refractivity contribution in [2.75, 3.05) is 39.6 Å². The third-order valence-corrected chi connectivity index (χ3v) is 5.11. The fraction of sp³-hybridized carbons (Fsp3) is 0.833. The minimum Gasteiger partial charge on any atom is -0.499 e. The molecule has 0 saturated heterocycles. The molecule has 0 aliphatic carbocycles. The van der Waals surface area contributed by atoms with E-state index < -0.39 is 8.80 Å². The fourth-order valence-electron chi connectivity index (χ4n) is 1.49. The maximum Gasteiger partial charge on any atom is 0.503 e. The quantitative estimate of drug-likeness (QED) is 0.294. The number of rotatable bonds is 13. The first kappa shape index (κ1) is 17.6. The second-order valence-electron chi connectivity index (χ2n) is 3.38. The van der Waals surface area contributed by atoms with Gasteiger partial charge in [-0.2, -0.15) is 0 Å². The van der Waals surface area contributed by atoms with E-state index in [4.69, 9.17) is 22.8 Å². The molecule has 0 radical (unpaired) electrons. The monoisotopic (exact) mass is 278 g/mol. The van der Waals surface area contributed by atoms with Gasteiger partial charge in [-0.25, -0.2) is 0 Å². The Hall–Kier alpha value is -0.403. The van der Waals surface area contributed by atoms with Crippen LogP contribution < -0.4 is 0 Å². The Morgan fingerprint density at radius 3 is 1.89 bits per heavy atom. The van der Waals surface area contributed by atoms with E-state index in [1.54, 1.807) is 0 Å². The molecule has 0 aromatic rings. The van der Waals surface area contributed by atoms with Crippen LogP contribution in [-0.4, -0.2) is 48.4 Å². The summed E-state index contributed by atoms with van der Waals surface area (Å²) in [6.07, 6.45) is 1.41. The first-order valence-corrected chi connectivity index (χ1v) is 8.40. The molecule has 0 spiro atoms. The lowest BCUT2D eigenvalue weighted by Crippen LogP contribution is -2.46. The molecule has 0 aromatic heterocycles. The molecule has 0 unspecified atom stereocenters. The van der Waals surface area contributed by atoms with Gasteiger partial charge in [-0.05, 0) is 20.8 Å². The Labute approximate surface area is 111 Å². The van der Waals surface area contributed by atoms with Crippen molar-refractivity contribution in [3.8, 4) is 0 Å². The summed E-state index contributed by atoms with van der Waals surface area (Å²) < 4.78 is 27.5. The van der Waals surface area contributed by atoms with Crippen LogP contribution in [-0.2, 0) is 22.8 Å². The summed E-state index contributed by atoms with van der Waals surface area (Å²) in [5.41, 5.74) is 0. The molecule has 0 fully saturated rings. The highest BCUT2D eigenvalue weighted by Gasteiger charge is 2.39. The van der Waals surface area contributed by atoms with E-state index in [1.165, 1.54) is 6.26 Å². The van der Waals surface area contributed by atoms with E-state index in [2.05, 4.69) is 6.58 Å². The summed E-state index contributed by atoms with van der Waals surface area (Å²) in [5.74, 6) is 0. The van der Waals surface area contributed by atoms with E-state index >= 15 is 0 Å². The van der Waals surface area contributed by atoms with Crippen LogP contribution in [0.3, 0.4) is 0 Å². The number of ether oxygens (including phenoxy) is 2. The summed E-state index contributed by atoms with van der Waals surface area (Å²) in [4.78, 5) is 0. The molecule has 0 aromatic carbocycles. The van der Waals surface area contributed by atoms with Crippen molar-refractivity contribution in [1.29, 1.82) is 0 Å². The molecule has 5 nitrogen and oxygen atoms in total. The smallest absolute Gasteiger partial charge is 0.499 e. The van der Waals surface area contributed by atoms with Gasteiger partial charge in [0.25, 0.3) is 0 Å². The molecule has 108 valence electrons. The van der Waals surface area contributed by atoms with Crippen LogP contribution >= 0.6 is 0 Å². The third kappa shape index (κ3) is 7.83. The summed E-state index contributed by atoms with van der Waals surface area (Å²) in [5, 5.41) is 0. The summed E-state index contributed by atoms with van der Waals surface area (Å²) >= 11 is 0. The molecular formula is C12H26O5Si. The minimum atomic E-state index is -2.55. The normalized spacial score (nSPS) is 11.5. The SMILES string of the molecule is C=COCCOCC[Si](OCC)(OCC)OCC. The van der Waals surface area contributed by atoms with E-state index in [-0.39, 0.29) is 0 Å². The lowest BCUT2D eigenvalue weighted by molar-refractivity contribution is 0.0500. The Kier molecular flexibility index (Phi) is 11.4. The topological polar surface area (TPSA) is 46.2 Å². The summed E-state index contributed by atoms with van der Waals surface area (Å²) in [7, 11) is -2.55. The molecular weight excluding hydrogens is 252 g/mol. The second-order valence-corrected chi connectivity index (χ2v) is 6.11. The fourth-order valence-corrected chi connectivity index (χ4v) is 3.89. The highest BCUT2D eigenvalue weighted by molar-refractivity contribution is 6.60. The van der Waals surface area contributed by atoms with Gasteiger partial charge in [0, 0.05) is 25.9 Å². The predicted octanol–water partition coefficient (Wildman–Crippen LogP) is 2.21. The van der Waals surface area contributed by atoms with Gasteiger partial charge >= 0.3 is 8.80 Å². The van der Waals surface area contributed by atoms with Crippen LogP contribution in [0.2, 0.25) is 6.04 Å². The highest BCUT2D eigenvalue weighted by atomic mass is 28.4. The summed E-state index contributed by atoms with van der Waals surface area (Å²) in [6.45, 7) is 12.6. The predicted molar refractivity (Wildman–Crippen MR) is 72.4 cm³/mol. The lowest BCUT2D eigenvalue weighted by atomic mass is 10.7. The average molecular weight is 278 g/mol. The molecule has 0 atom stereocenters. The Morgan fingerprint density at radius 1 is 0.889 bits per heavy atom. The van der Waals surface area contributed by atoms with Crippen LogP contribution in [0.1, 0.15) is 20.8 Å². The zero-order chi connectivity index (χ0) is 13.7. The maximum absolute atomic E-state index is 5.71. The van der Waals surface area contributed by atoms with Gasteiger partial charge in [0.15, 0.2) is 0 Å². The first-order valence-electron chi connectivity index (χ1n) is 6.46. The van der Waals surface area contributed by atoms with Crippen molar-refractivity contribution < 1.29 is 22.8 Å². The van der Waals surface area contributed by atoms with Gasteiger partial charge in [-0.1, -0.05) is 6.58 Å². The highest BCUT2D eigenvalue weighted by Crippen LogP contribution is 2.15. The minimum absolute atomic E-state index is 0.510. The third-order valence-electron chi connectivity index (χ3n) is 2.11. The van der Waals surface area contributed by atoms with E-state index in [9.17, 15) is 0 Å². The van der Waals surface area contributed by atoms with Gasteiger partial charge in [0.2, 0.25) is 0 Å². The molecule has 0 N–H and O–H groups in total. The molecule has 0 amide bonds. The van der Waals surface area contributed by atoms with Crippen molar-refractivity contribution in [3.05, 3.63) is 12.8 Å². The number of hydrogen-bond donors (Lipinski definition) is 0. The van der Waals surface area contributed by atoms with Gasteiger partial charge < -0.3 is 22.8 Å². The van der Waals surface area contributed by atoms with Gasteiger partial charge in [0.05, 0.1) is 19.5 Å². The zero-order valence-corrected chi connectivity index (χ0v) is 12.8. The molecule has 0 aliphatic heterocycles. The van der Waals surface area contributed by atoms with Gasteiger partial charge in [0.1, 0.15) is 6.61 Å². The molecule has 6 heteroatoms. The summed E-state index contributed by atoms with van der Waals surface area (Å²) in [6, 6.07) is 0.663. The Bertz CT molecular complexity index is 184. The van der Waals surface area contributed by atoms with Crippen LogP contribution in [0, 0.1) is 0 Å². The van der Waals surface area contributed by atoms with Crippen molar-refractivity contribution >= 4 is 8.80 Å². The Balaban J connectivity index is 4.00. The zero-order valence-electron chi connectivity index (χ0n) is 11.8. The van der Waals surface area contributed by atoms with Crippen molar-refractivity contribution in [3.63, 3.8) is 0 Å². The van der Waals surface area contributed by atoms with Crippen molar-refractivity contribution in [2.24, 2.45) is 0 Å². The van der Waals surface area contributed by atoms with Crippen LogP contribution in [0.4, 0.5) is 0 Å². The molecule has 0 rings (SSSR count). The van der Waals surface area contributed by atoms with E-state index in [0.717, 1.165) is 0 Å². The molecule has 18 heavy (non-hydrogen) atoms. The van der Waals surface area contributed by atoms with Gasteiger partial charge in [-0.3, -0.25) is 0 Å². The van der Waals surface area contributed by atoms with E-state index in [0.29, 0.717) is 45.7 Å². The van der Waals surface area contributed by atoms with Crippen molar-refractivity contribution in [1.82, 2.24) is 0 Å². The standard InChI is InChI=1S/C12H26O5Si/c1-5-13-9-10-14-11-12-18(15-6-2,16-7-3)17-8-4/h5H,1,6-12H2,2-4H3. The van der Waals surface area contributed by atoms with Crippen LogP contribution in [0.25, 0.3) is 0 Å². The molecule has 0 saturated carbocycles. The Morgan fingerprint density at radius 2 is 1.44 bits per heavy atom. The lowest BCUT2D eigenvalue weighted by Gasteiger charge is -2.28.